The number of ether oxygens (including phenoxy) is 1. The molecule has 1 aromatic carbocycles. The average Bonchev–Trinajstić information content (AvgIpc) is 3.21. The first-order chi connectivity index (χ1) is 11.2. The molecular weight excluding hydrogens is 292 g/mol. The number of aryl methyl sites for hydroxylation is 1. The number of rotatable bonds is 4. The van der Waals surface area contributed by atoms with Crippen molar-refractivity contribution in [1.82, 2.24) is 14.9 Å². The molecule has 2 aromatic rings. The Labute approximate surface area is 134 Å². The van der Waals surface area contributed by atoms with Crippen molar-refractivity contribution >= 4 is 5.91 Å². The van der Waals surface area contributed by atoms with Gasteiger partial charge in [0.1, 0.15) is 11.9 Å². The van der Waals surface area contributed by atoms with E-state index < -0.39 is 0 Å². The molecule has 1 N–H and O–H groups in total. The highest BCUT2D eigenvalue weighted by molar-refractivity contribution is 5.79. The smallest absolute Gasteiger partial charge is 0.226 e. The molecule has 1 aliphatic rings. The lowest BCUT2D eigenvalue weighted by Gasteiger charge is -2.18. The summed E-state index contributed by atoms with van der Waals surface area (Å²) in [4.78, 5) is 16.8. The van der Waals surface area contributed by atoms with Gasteiger partial charge in [0, 0.05) is 32.6 Å². The molecule has 1 aromatic heterocycles. The van der Waals surface area contributed by atoms with Crippen molar-refractivity contribution in [2.45, 2.75) is 19.1 Å². The Bertz CT molecular complexity index is 730. The van der Waals surface area contributed by atoms with Gasteiger partial charge in [0.15, 0.2) is 0 Å². The maximum Gasteiger partial charge on any atom is 0.226 e. The molecule has 0 saturated carbocycles. The minimum Gasteiger partial charge on any atom is -0.369 e. The van der Waals surface area contributed by atoms with Crippen LogP contribution in [0.4, 0.5) is 0 Å². The second-order valence-corrected chi connectivity index (χ2v) is 5.61. The zero-order chi connectivity index (χ0) is 16.2. The number of imidazole rings is 1. The third-order valence-corrected chi connectivity index (χ3v) is 4.09. The first-order valence-corrected chi connectivity index (χ1v) is 7.54. The van der Waals surface area contributed by atoms with E-state index in [0.29, 0.717) is 25.1 Å². The van der Waals surface area contributed by atoms with Crippen LogP contribution in [0.2, 0.25) is 0 Å². The average molecular weight is 310 g/mol. The summed E-state index contributed by atoms with van der Waals surface area (Å²) in [5.41, 5.74) is 1.57. The largest absolute Gasteiger partial charge is 0.369 e. The highest BCUT2D eigenvalue weighted by Crippen LogP contribution is 2.33. The summed E-state index contributed by atoms with van der Waals surface area (Å²) in [6.45, 7) is 1.00. The van der Waals surface area contributed by atoms with Crippen LogP contribution in [0.1, 0.15) is 29.5 Å². The molecule has 1 fully saturated rings. The van der Waals surface area contributed by atoms with Crippen LogP contribution in [-0.4, -0.2) is 22.1 Å². The summed E-state index contributed by atoms with van der Waals surface area (Å²) in [7, 11) is 1.90. The van der Waals surface area contributed by atoms with Gasteiger partial charge in [0.2, 0.25) is 5.91 Å². The van der Waals surface area contributed by atoms with Gasteiger partial charge in [-0.1, -0.05) is 12.1 Å². The Morgan fingerprint density at radius 2 is 2.26 bits per heavy atom. The molecule has 118 valence electrons. The van der Waals surface area contributed by atoms with E-state index in [0.717, 1.165) is 11.4 Å². The van der Waals surface area contributed by atoms with Gasteiger partial charge >= 0.3 is 0 Å². The van der Waals surface area contributed by atoms with Gasteiger partial charge in [0.25, 0.3) is 0 Å². The number of amides is 1. The molecule has 1 saturated heterocycles. The molecule has 2 atom stereocenters. The molecule has 23 heavy (non-hydrogen) atoms. The summed E-state index contributed by atoms with van der Waals surface area (Å²) < 4.78 is 7.60. The summed E-state index contributed by atoms with van der Waals surface area (Å²) >= 11 is 0. The molecule has 0 aliphatic carbocycles. The zero-order valence-corrected chi connectivity index (χ0v) is 12.9. The fraction of sp³-hybridized carbons (Fsp3) is 0.353. The lowest BCUT2D eigenvalue weighted by Crippen LogP contribution is -2.32. The minimum atomic E-state index is -0.295. The van der Waals surface area contributed by atoms with Gasteiger partial charge in [-0.15, -0.1) is 0 Å². The monoisotopic (exact) mass is 310 g/mol. The third kappa shape index (κ3) is 3.25. The van der Waals surface area contributed by atoms with E-state index in [1.54, 1.807) is 18.3 Å². The van der Waals surface area contributed by atoms with Crippen LogP contribution < -0.4 is 5.32 Å². The Morgan fingerprint density at radius 3 is 2.91 bits per heavy atom. The van der Waals surface area contributed by atoms with Crippen molar-refractivity contribution in [3.05, 3.63) is 53.6 Å². The lowest BCUT2D eigenvalue weighted by molar-refractivity contribution is -0.127. The Morgan fingerprint density at radius 1 is 1.48 bits per heavy atom. The van der Waals surface area contributed by atoms with E-state index in [9.17, 15) is 4.79 Å². The van der Waals surface area contributed by atoms with Crippen molar-refractivity contribution in [3.8, 4) is 6.07 Å². The predicted octanol–water partition coefficient (Wildman–Crippen LogP) is 1.69. The highest BCUT2D eigenvalue weighted by atomic mass is 16.5. The van der Waals surface area contributed by atoms with E-state index >= 15 is 0 Å². The summed E-state index contributed by atoms with van der Waals surface area (Å²) in [6, 6.07) is 9.27. The van der Waals surface area contributed by atoms with Crippen molar-refractivity contribution in [2.24, 2.45) is 13.0 Å². The number of hydrogen-bond donors (Lipinski definition) is 1. The second-order valence-electron chi connectivity index (χ2n) is 5.61. The first kappa shape index (κ1) is 15.3. The van der Waals surface area contributed by atoms with E-state index in [1.165, 1.54) is 0 Å². The SMILES string of the molecule is Cn1ccnc1[C@@H]1OCC[C@H]1C(=O)NCc1ccc(C#N)cc1. The molecular formula is C17H18N4O2. The first-order valence-electron chi connectivity index (χ1n) is 7.54. The number of benzene rings is 1. The van der Waals surface area contributed by atoms with Crippen molar-refractivity contribution in [3.63, 3.8) is 0 Å². The summed E-state index contributed by atoms with van der Waals surface area (Å²) in [6.07, 6.45) is 3.96. The molecule has 0 unspecified atom stereocenters. The van der Waals surface area contributed by atoms with Crippen LogP contribution in [0.5, 0.6) is 0 Å². The van der Waals surface area contributed by atoms with Crippen LogP contribution in [0.3, 0.4) is 0 Å². The number of carbonyl (C=O) groups is 1. The highest BCUT2D eigenvalue weighted by Gasteiger charge is 2.37. The predicted molar refractivity (Wildman–Crippen MR) is 83.0 cm³/mol. The molecule has 2 heterocycles. The van der Waals surface area contributed by atoms with Crippen molar-refractivity contribution in [2.75, 3.05) is 6.61 Å². The van der Waals surface area contributed by atoms with Crippen LogP contribution in [-0.2, 0) is 23.1 Å². The van der Waals surface area contributed by atoms with E-state index in [4.69, 9.17) is 10.00 Å². The van der Waals surface area contributed by atoms with Crippen LogP contribution >= 0.6 is 0 Å². The third-order valence-electron chi connectivity index (χ3n) is 4.09. The molecule has 6 heteroatoms. The number of carbonyl (C=O) groups excluding carboxylic acids is 1. The normalized spacial score (nSPS) is 20.2. The minimum absolute atomic E-state index is 0.0279. The lowest BCUT2D eigenvalue weighted by atomic mass is 9.99. The molecule has 0 radical (unpaired) electrons. The van der Waals surface area contributed by atoms with Gasteiger partial charge in [-0.2, -0.15) is 5.26 Å². The molecule has 6 nitrogen and oxygen atoms in total. The van der Waals surface area contributed by atoms with Crippen molar-refractivity contribution < 1.29 is 9.53 Å². The van der Waals surface area contributed by atoms with Crippen LogP contribution in [0, 0.1) is 17.2 Å². The summed E-state index contributed by atoms with van der Waals surface area (Å²) in [5, 5.41) is 11.7. The van der Waals surface area contributed by atoms with Crippen LogP contribution in [0.25, 0.3) is 0 Å². The number of hydrogen-bond acceptors (Lipinski definition) is 4. The number of aromatic nitrogens is 2. The molecule has 1 aliphatic heterocycles. The summed E-state index contributed by atoms with van der Waals surface area (Å²) in [5.74, 6) is 0.523. The quantitative estimate of drug-likeness (QED) is 0.932. The molecule has 0 spiro atoms. The van der Waals surface area contributed by atoms with E-state index in [2.05, 4.69) is 16.4 Å². The van der Waals surface area contributed by atoms with Crippen LogP contribution in [0.15, 0.2) is 36.7 Å². The fourth-order valence-corrected chi connectivity index (χ4v) is 2.78. The van der Waals surface area contributed by atoms with Gasteiger partial charge in [0.05, 0.1) is 17.6 Å². The number of nitriles is 1. The Balaban J connectivity index is 1.63. The van der Waals surface area contributed by atoms with E-state index in [1.807, 2.05) is 29.9 Å². The standard InChI is InChI=1S/C17H18N4O2/c1-21-8-7-19-16(21)15-14(6-9-23-15)17(22)20-11-13-4-2-12(10-18)3-5-13/h2-5,7-8,14-15H,6,9,11H2,1H3,(H,20,22)/t14-,15-/m1/s1. The number of nitrogens with zero attached hydrogens (tertiary/aromatic N) is 3. The topological polar surface area (TPSA) is 79.9 Å². The molecule has 0 bridgehead atoms. The van der Waals surface area contributed by atoms with Gasteiger partial charge in [-0.3, -0.25) is 4.79 Å². The second kappa shape index (κ2) is 6.63. The van der Waals surface area contributed by atoms with E-state index in [-0.39, 0.29) is 17.9 Å². The zero-order valence-electron chi connectivity index (χ0n) is 12.9. The fourth-order valence-electron chi connectivity index (χ4n) is 2.78. The Hall–Kier alpha value is -2.65. The molecule has 3 rings (SSSR count). The maximum absolute atomic E-state index is 12.5. The number of nitrogens with one attached hydrogen (secondary N) is 1. The molecule has 1 amide bonds. The van der Waals surface area contributed by atoms with Gasteiger partial charge in [-0.25, -0.2) is 4.98 Å². The van der Waals surface area contributed by atoms with Crippen molar-refractivity contribution in [1.29, 1.82) is 5.26 Å². The van der Waals surface area contributed by atoms with Gasteiger partial charge in [-0.05, 0) is 24.1 Å². The van der Waals surface area contributed by atoms with Gasteiger partial charge < -0.3 is 14.6 Å². The Kier molecular flexibility index (Phi) is 4.40. The maximum atomic E-state index is 12.5.